The van der Waals surface area contributed by atoms with E-state index in [1.54, 1.807) is 24.3 Å². The molecular formula is C25H22N4O3S. The minimum Gasteiger partial charge on any atom is -0.486 e. The highest BCUT2D eigenvalue weighted by Crippen LogP contribution is 2.17. The Balaban J connectivity index is 1.33. The second-order valence-corrected chi connectivity index (χ2v) is 8.37. The second-order valence-electron chi connectivity index (χ2n) is 7.31. The van der Waals surface area contributed by atoms with E-state index in [0.717, 1.165) is 22.6 Å². The van der Waals surface area contributed by atoms with Crippen molar-refractivity contribution in [1.29, 1.82) is 0 Å². The molecule has 0 radical (unpaired) electrons. The predicted octanol–water partition coefficient (Wildman–Crippen LogP) is 4.61. The van der Waals surface area contributed by atoms with Crippen molar-refractivity contribution in [2.75, 3.05) is 5.32 Å². The van der Waals surface area contributed by atoms with Crippen molar-refractivity contribution >= 4 is 28.8 Å². The van der Waals surface area contributed by atoms with Gasteiger partial charge in [0.15, 0.2) is 5.01 Å². The molecule has 3 aromatic carbocycles. The number of hydrogen-bond donors (Lipinski definition) is 2. The van der Waals surface area contributed by atoms with Gasteiger partial charge < -0.3 is 15.4 Å². The number of ether oxygens (including phenoxy) is 1. The van der Waals surface area contributed by atoms with Crippen LogP contribution in [0.25, 0.3) is 0 Å². The quantitative estimate of drug-likeness (QED) is 0.402. The zero-order chi connectivity index (χ0) is 23.0. The van der Waals surface area contributed by atoms with Gasteiger partial charge in [-0.1, -0.05) is 65.4 Å². The van der Waals surface area contributed by atoms with Crippen molar-refractivity contribution in [1.82, 2.24) is 15.5 Å². The van der Waals surface area contributed by atoms with Gasteiger partial charge in [0.2, 0.25) is 5.01 Å². The third-order valence-electron chi connectivity index (χ3n) is 4.72. The summed E-state index contributed by atoms with van der Waals surface area (Å²) in [6.45, 7) is 2.67. The van der Waals surface area contributed by atoms with Crippen LogP contribution >= 0.6 is 11.3 Å². The normalized spacial score (nSPS) is 10.5. The minimum absolute atomic E-state index is 0.218. The first-order valence-electron chi connectivity index (χ1n) is 10.3. The van der Waals surface area contributed by atoms with Crippen LogP contribution in [0.3, 0.4) is 0 Å². The molecule has 0 saturated heterocycles. The Bertz CT molecular complexity index is 1240. The van der Waals surface area contributed by atoms with Gasteiger partial charge >= 0.3 is 0 Å². The molecule has 0 aliphatic carbocycles. The lowest BCUT2D eigenvalue weighted by atomic mass is 10.1. The maximum absolute atomic E-state index is 12.6. The van der Waals surface area contributed by atoms with Crippen LogP contribution in [0, 0.1) is 6.92 Å². The Morgan fingerprint density at radius 1 is 0.909 bits per heavy atom. The highest BCUT2D eigenvalue weighted by Gasteiger charge is 2.14. The fraction of sp³-hybridized carbons (Fsp3) is 0.120. The van der Waals surface area contributed by atoms with Gasteiger partial charge in [-0.05, 0) is 42.8 Å². The highest BCUT2D eigenvalue weighted by atomic mass is 32.1. The summed E-state index contributed by atoms with van der Waals surface area (Å²) in [5.74, 6) is 0.106. The fourth-order valence-corrected chi connectivity index (χ4v) is 3.63. The van der Waals surface area contributed by atoms with Crippen molar-refractivity contribution < 1.29 is 14.3 Å². The van der Waals surface area contributed by atoms with E-state index in [0.29, 0.717) is 22.8 Å². The average molecular weight is 459 g/mol. The van der Waals surface area contributed by atoms with Crippen LogP contribution < -0.4 is 15.4 Å². The summed E-state index contributed by atoms with van der Waals surface area (Å²) in [7, 11) is 0. The first-order chi connectivity index (χ1) is 16.1. The lowest BCUT2D eigenvalue weighted by Crippen LogP contribution is -2.23. The number of hydrogen-bond acceptors (Lipinski definition) is 6. The maximum atomic E-state index is 12.6. The van der Waals surface area contributed by atoms with Crippen LogP contribution in [0.4, 0.5) is 5.69 Å². The van der Waals surface area contributed by atoms with Gasteiger partial charge in [-0.3, -0.25) is 9.59 Å². The van der Waals surface area contributed by atoms with Gasteiger partial charge in [0.05, 0.1) is 0 Å². The summed E-state index contributed by atoms with van der Waals surface area (Å²) in [6, 6.07) is 24.1. The number of aromatic nitrogens is 2. The Labute approximate surface area is 195 Å². The van der Waals surface area contributed by atoms with Gasteiger partial charge in [-0.25, -0.2) is 0 Å². The largest absolute Gasteiger partial charge is 0.486 e. The number of nitrogens with one attached hydrogen (secondary N) is 2. The topological polar surface area (TPSA) is 93.2 Å². The zero-order valence-corrected chi connectivity index (χ0v) is 18.8. The Morgan fingerprint density at radius 2 is 1.70 bits per heavy atom. The van der Waals surface area contributed by atoms with Crippen LogP contribution in [0.2, 0.25) is 0 Å². The molecule has 4 rings (SSSR count). The van der Waals surface area contributed by atoms with Gasteiger partial charge in [0, 0.05) is 17.8 Å². The molecule has 4 aromatic rings. The molecule has 1 aromatic heterocycles. The molecule has 2 N–H and O–H groups in total. The zero-order valence-electron chi connectivity index (χ0n) is 17.9. The molecule has 0 saturated carbocycles. The van der Waals surface area contributed by atoms with Crippen molar-refractivity contribution in [2.24, 2.45) is 0 Å². The standard InChI is InChI=1S/C25H22N4O3S/c1-17-10-12-18(13-11-17)15-26-23(30)19-6-5-7-20(14-19)27-24(31)25-29-28-22(33-25)16-32-21-8-3-2-4-9-21/h2-14H,15-16H2,1H3,(H,26,30)(H,27,31). The van der Waals surface area contributed by atoms with Gasteiger partial charge in [0.25, 0.3) is 11.8 Å². The molecule has 0 aliphatic heterocycles. The number of anilines is 1. The van der Waals surface area contributed by atoms with Crippen molar-refractivity contribution in [3.8, 4) is 5.75 Å². The van der Waals surface area contributed by atoms with E-state index in [2.05, 4.69) is 20.8 Å². The van der Waals surface area contributed by atoms with Crippen LogP contribution in [0.5, 0.6) is 5.75 Å². The van der Waals surface area contributed by atoms with E-state index in [-0.39, 0.29) is 17.5 Å². The molecular weight excluding hydrogens is 436 g/mol. The fourth-order valence-electron chi connectivity index (χ4n) is 2.98. The Hall–Kier alpha value is -4.04. The highest BCUT2D eigenvalue weighted by molar-refractivity contribution is 7.13. The third kappa shape index (κ3) is 6.24. The lowest BCUT2D eigenvalue weighted by Gasteiger charge is -2.08. The molecule has 2 amide bonds. The smallest absolute Gasteiger partial charge is 0.286 e. The predicted molar refractivity (Wildman–Crippen MR) is 127 cm³/mol. The lowest BCUT2D eigenvalue weighted by molar-refractivity contribution is 0.0949. The minimum atomic E-state index is -0.393. The number of benzene rings is 3. The Morgan fingerprint density at radius 3 is 2.48 bits per heavy atom. The number of nitrogens with zero attached hydrogens (tertiary/aromatic N) is 2. The summed E-state index contributed by atoms with van der Waals surface area (Å²) in [5.41, 5.74) is 3.14. The van der Waals surface area contributed by atoms with E-state index in [4.69, 9.17) is 4.74 Å². The number of para-hydroxylation sites is 1. The van der Waals surface area contributed by atoms with E-state index >= 15 is 0 Å². The molecule has 0 bridgehead atoms. The molecule has 33 heavy (non-hydrogen) atoms. The van der Waals surface area contributed by atoms with E-state index < -0.39 is 5.91 Å². The SMILES string of the molecule is Cc1ccc(CNC(=O)c2cccc(NC(=O)c3nnc(COc4ccccc4)s3)c2)cc1. The molecule has 7 nitrogen and oxygen atoms in total. The number of carbonyl (C=O) groups is 2. The van der Waals surface area contributed by atoms with Crippen LogP contribution in [0.1, 0.15) is 36.3 Å². The van der Waals surface area contributed by atoms with Crippen molar-refractivity contribution in [3.05, 3.63) is 106 Å². The molecule has 0 spiro atoms. The van der Waals surface area contributed by atoms with Crippen molar-refractivity contribution in [2.45, 2.75) is 20.1 Å². The summed E-state index contributed by atoms with van der Waals surface area (Å²) in [5, 5.41) is 14.4. The monoisotopic (exact) mass is 458 g/mol. The van der Waals surface area contributed by atoms with Crippen molar-refractivity contribution in [3.63, 3.8) is 0 Å². The second kappa shape index (κ2) is 10.5. The average Bonchev–Trinajstić information content (AvgIpc) is 3.32. The summed E-state index contributed by atoms with van der Waals surface area (Å²) < 4.78 is 5.64. The van der Waals surface area contributed by atoms with E-state index in [1.807, 2.05) is 61.5 Å². The van der Waals surface area contributed by atoms with Gasteiger partial charge in [0.1, 0.15) is 12.4 Å². The summed E-state index contributed by atoms with van der Waals surface area (Å²) in [6.07, 6.45) is 0. The molecule has 1 heterocycles. The number of carbonyl (C=O) groups excluding carboxylic acids is 2. The van der Waals surface area contributed by atoms with Crippen LogP contribution in [0.15, 0.2) is 78.9 Å². The molecule has 166 valence electrons. The first-order valence-corrected chi connectivity index (χ1v) is 11.1. The van der Waals surface area contributed by atoms with Gasteiger partial charge in [-0.15, -0.1) is 10.2 Å². The number of amides is 2. The van der Waals surface area contributed by atoms with Crippen LogP contribution in [-0.4, -0.2) is 22.0 Å². The van der Waals surface area contributed by atoms with E-state index in [9.17, 15) is 9.59 Å². The van der Waals surface area contributed by atoms with Gasteiger partial charge in [-0.2, -0.15) is 0 Å². The molecule has 0 fully saturated rings. The maximum Gasteiger partial charge on any atom is 0.286 e. The molecule has 8 heteroatoms. The molecule has 0 unspecified atom stereocenters. The summed E-state index contributed by atoms with van der Waals surface area (Å²) >= 11 is 1.16. The molecule has 0 atom stereocenters. The first kappa shape index (κ1) is 22.2. The number of rotatable bonds is 8. The number of aryl methyl sites for hydroxylation is 1. The summed E-state index contributed by atoms with van der Waals surface area (Å²) in [4.78, 5) is 25.1. The van der Waals surface area contributed by atoms with E-state index in [1.165, 1.54) is 5.56 Å². The van der Waals surface area contributed by atoms with Crippen LogP contribution in [-0.2, 0) is 13.2 Å². The Kier molecular flexibility index (Phi) is 7.06. The molecule has 0 aliphatic rings. The third-order valence-corrected chi connectivity index (χ3v) is 5.62.